The SMILES string of the molecule is COC(=O)NCCNC(=O)C(C)(C)C. The highest BCUT2D eigenvalue weighted by molar-refractivity contribution is 5.81. The van der Waals surface area contributed by atoms with Gasteiger partial charge in [0.1, 0.15) is 0 Å². The molecule has 0 saturated carbocycles. The summed E-state index contributed by atoms with van der Waals surface area (Å²) >= 11 is 0. The maximum atomic E-state index is 11.3. The van der Waals surface area contributed by atoms with Crippen molar-refractivity contribution >= 4 is 12.0 Å². The first-order valence-corrected chi connectivity index (χ1v) is 4.48. The van der Waals surface area contributed by atoms with Crippen molar-refractivity contribution in [1.82, 2.24) is 10.6 Å². The fraction of sp³-hybridized carbons (Fsp3) is 0.778. The van der Waals surface area contributed by atoms with E-state index in [1.165, 1.54) is 7.11 Å². The van der Waals surface area contributed by atoms with E-state index < -0.39 is 11.5 Å². The maximum Gasteiger partial charge on any atom is 0.406 e. The Hall–Kier alpha value is -1.26. The Morgan fingerprint density at radius 3 is 2.07 bits per heavy atom. The summed E-state index contributed by atoms with van der Waals surface area (Å²) < 4.78 is 4.36. The highest BCUT2D eigenvalue weighted by Crippen LogP contribution is 2.11. The van der Waals surface area contributed by atoms with Gasteiger partial charge in [-0.2, -0.15) is 0 Å². The largest absolute Gasteiger partial charge is 0.453 e. The van der Waals surface area contributed by atoms with Crippen LogP contribution in [0.15, 0.2) is 0 Å². The van der Waals surface area contributed by atoms with E-state index in [4.69, 9.17) is 0 Å². The Morgan fingerprint density at radius 1 is 1.14 bits per heavy atom. The molecule has 0 aromatic rings. The summed E-state index contributed by atoms with van der Waals surface area (Å²) in [5.74, 6) is -0.0378. The molecule has 0 aliphatic carbocycles. The van der Waals surface area contributed by atoms with Crippen molar-refractivity contribution in [2.45, 2.75) is 20.8 Å². The Labute approximate surface area is 84.2 Å². The molecule has 0 atom stereocenters. The number of amides is 2. The lowest BCUT2D eigenvalue weighted by molar-refractivity contribution is -0.128. The van der Waals surface area contributed by atoms with Gasteiger partial charge in [0.15, 0.2) is 0 Å². The van der Waals surface area contributed by atoms with Crippen molar-refractivity contribution < 1.29 is 14.3 Å². The van der Waals surface area contributed by atoms with E-state index in [0.717, 1.165) is 0 Å². The van der Waals surface area contributed by atoms with E-state index in [0.29, 0.717) is 13.1 Å². The molecule has 0 aromatic carbocycles. The van der Waals surface area contributed by atoms with Gasteiger partial charge in [0.25, 0.3) is 0 Å². The van der Waals surface area contributed by atoms with E-state index in [9.17, 15) is 9.59 Å². The number of methoxy groups -OCH3 is 1. The molecule has 0 aliphatic rings. The summed E-state index contributed by atoms with van der Waals surface area (Å²) in [6.45, 7) is 6.27. The number of rotatable bonds is 3. The molecule has 5 nitrogen and oxygen atoms in total. The molecule has 0 spiro atoms. The molecule has 5 heteroatoms. The van der Waals surface area contributed by atoms with E-state index >= 15 is 0 Å². The van der Waals surface area contributed by atoms with Crippen molar-refractivity contribution in [3.63, 3.8) is 0 Å². The van der Waals surface area contributed by atoms with Gasteiger partial charge >= 0.3 is 6.09 Å². The fourth-order valence-electron chi connectivity index (χ4n) is 0.678. The third-order valence-electron chi connectivity index (χ3n) is 1.55. The molecule has 0 unspecified atom stereocenters. The summed E-state index contributed by atoms with van der Waals surface area (Å²) in [5, 5.41) is 5.16. The molecule has 0 aromatic heterocycles. The Morgan fingerprint density at radius 2 is 1.64 bits per heavy atom. The van der Waals surface area contributed by atoms with Crippen LogP contribution in [-0.2, 0) is 9.53 Å². The Bertz CT molecular complexity index is 209. The van der Waals surface area contributed by atoms with Crippen molar-refractivity contribution in [1.29, 1.82) is 0 Å². The highest BCUT2D eigenvalue weighted by atomic mass is 16.5. The second-order valence-corrected chi connectivity index (χ2v) is 3.92. The molecular weight excluding hydrogens is 184 g/mol. The molecular formula is C9H18N2O3. The van der Waals surface area contributed by atoms with Crippen molar-refractivity contribution in [2.75, 3.05) is 20.2 Å². The lowest BCUT2D eigenvalue weighted by Crippen LogP contribution is -2.39. The lowest BCUT2D eigenvalue weighted by Gasteiger charge is -2.17. The molecule has 0 radical (unpaired) electrons. The third kappa shape index (κ3) is 5.40. The zero-order valence-electron chi connectivity index (χ0n) is 9.14. The molecule has 0 fully saturated rings. The van der Waals surface area contributed by atoms with Gasteiger partial charge in [-0.15, -0.1) is 0 Å². The number of hydrogen-bond donors (Lipinski definition) is 2. The monoisotopic (exact) mass is 202 g/mol. The van der Waals surface area contributed by atoms with Gasteiger partial charge in [-0.05, 0) is 0 Å². The van der Waals surface area contributed by atoms with Crippen LogP contribution in [-0.4, -0.2) is 32.2 Å². The minimum atomic E-state index is -0.491. The van der Waals surface area contributed by atoms with Gasteiger partial charge in [0.2, 0.25) is 5.91 Å². The van der Waals surface area contributed by atoms with Gasteiger partial charge < -0.3 is 15.4 Å². The zero-order chi connectivity index (χ0) is 11.2. The molecule has 2 N–H and O–H groups in total. The van der Waals surface area contributed by atoms with Gasteiger partial charge in [-0.25, -0.2) is 4.79 Å². The summed E-state index contributed by atoms with van der Waals surface area (Å²) in [6.07, 6.45) is -0.491. The maximum absolute atomic E-state index is 11.3. The van der Waals surface area contributed by atoms with Gasteiger partial charge in [0, 0.05) is 18.5 Å². The smallest absolute Gasteiger partial charge is 0.406 e. The molecule has 0 saturated heterocycles. The van der Waals surface area contributed by atoms with Crippen LogP contribution in [0.3, 0.4) is 0 Å². The van der Waals surface area contributed by atoms with E-state index in [1.807, 2.05) is 20.8 Å². The predicted molar refractivity (Wildman–Crippen MR) is 52.9 cm³/mol. The first-order valence-electron chi connectivity index (χ1n) is 4.48. The van der Waals surface area contributed by atoms with Gasteiger partial charge in [0.05, 0.1) is 7.11 Å². The van der Waals surface area contributed by atoms with Crippen LogP contribution in [0.4, 0.5) is 4.79 Å². The third-order valence-corrected chi connectivity index (χ3v) is 1.55. The van der Waals surface area contributed by atoms with Crippen LogP contribution >= 0.6 is 0 Å². The summed E-state index contributed by atoms with van der Waals surface area (Å²) in [4.78, 5) is 21.9. The van der Waals surface area contributed by atoms with E-state index in [2.05, 4.69) is 15.4 Å². The van der Waals surface area contributed by atoms with Crippen molar-refractivity contribution in [3.05, 3.63) is 0 Å². The summed E-state index contributed by atoms with van der Waals surface area (Å²) in [6, 6.07) is 0. The van der Waals surface area contributed by atoms with Crippen LogP contribution in [0.25, 0.3) is 0 Å². The topological polar surface area (TPSA) is 67.4 Å². The summed E-state index contributed by atoms with van der Waals surface area (Å²) in [7, 11) is 1.29. The number of alkyl carbamates (subject to hydrolysis) is 1. The Balaban J connectivity index is 3.56. The van der Waals surface area contributed by atoms with Gasteiger partial charge in [-0.3, -0.25) is 4.79 Å². The van der Waals surface area contributed by atoms with Crippen molar-refractivity contribution in [3.8, 4) is 0 Å². The van der Waals surface area contributed by atoms with Crippen LogP contribution in [0.2, 0.25) is 0 Å². The Kier molecular flexibility index (Phi) is 4.97. The lowest BCUT2D eigenvalue weighted by atomic mass is 9.96. The number of ether oxygens (including phenoxy) is 1. The quantitative estimate of drug-likeness (QED) is 0.655. The molecule has 14 heavy (non-hydrogen) atoms. The van der Waals surface area contributed by atoms with Crippen LogP contribution in [0, 0.1) is 5.41 Å². The molecule has 0 heterocycles. The fourth-order valence-corrected chi connectivity index (χ4v) is 0.678. The number of carbonyl (C=O) groups excluding carboxylic acids is 2. The first kappa shape index (κ1) is 12.7. The highest BCUT2D eigenvalue weighted by Gasteiger charge is 2.20. The second-order valence-electron chi connectivity index (χ2n) is 3.92. The normalized spacial score (nSPS) is 10.6. The van der Waals surface area contributed by atoms with Gasteiger partial charge in [-0.1, -0.05) is 20.8 Å². The average Bonchev–Trinajstić information content (AvgIpc) is 2.09. The van der Waals surface area contributed by atoms with Crippen LogP contribution < -0.4 is 10.6 Å². The standard InChI is InChI=1S/C9H18N2O3/c1-9(2,3)7(12)10-5-6-11-8(13)14-4/h5-6H2,1-4H3,(H,10,12)(H,11,13). The molecule has 0 aliphatic heterocycles. The summed E-state index contributed by atoms with van der Waals surface area (Å²) in [5.41, 5.74) is -0.398. The molecule has 82 valence electrons. The van der Waals surface area contributed by atoms with E-state index in [1.54, 1.807) is 0 Å². The van der Waals surface area contributed by atoms with E-state index in [-0.39, 0.29) is 5.91 Å². The van der Waals surface area contributed by atoms with Crippen LogP contribution in [0.5, 0.6) is 0 Å². The predicted octanol–water partition coefficient (Wildman–Crippen LogP) is 0.505. The van der Waals surface area contributed by atoms with Crippen molar-refractivity contribution in [2.24, 2.45) is 5.41 Å². The average molecular weight is 202 g/mol. The minimum absolute atomic E-state index is 0.0378. The van der Waals surface area contributed by atoms with Crippen LogP contribution in [0.1, 0.15) is 20.8 Å². The molecule has 0 bridgehead atoms. The molecule has 0 rings (SSSR count). The second kappa shape index (κ2) is 5.47. The first-order chi connectivity index (χ1) is 6.38. The minimum Gasteiger partial charge on any atom is -0.453 e. The number of nitrogens with one attached hydrogen (secondary N) is 2. The molecule has 2 amide bonds. The zero-order valence-corrected chi connectivity index (χ0v) is 9.14. The number of hydrogen-bond acceptors (Lipinski definition) is 3. The number of carbonyl (C=O) groups is 2.